The molecule has 1 amide bonds. The first-order chi connectivity index (χ1) is 11.5. The highest BCUT2D eigenvalue weighted by Gasteiger charge is 2.29. The Kier molecular flexibility index (Phi) is 5.73. The SMILES string of the molecule is CCC(c1ccc(F)cc1)[C@H](C=O)C(=O)Nc1cccc(F)c1F. The van der Waals surface area contributed by atoms with E-state index in [0.717, 1.165) is 6.07 Å². The monoisotopic (exact) mass is 335 g/mol. The molecule has 0 fully saturated rings. The van der Waals surface area contributed by atoms with Gasteiger partial charge in [0, 0.05) is 5.92 Å². The second-order valence-electron chi connectivity index (χ2n) is 5.32. The Balaban J connectivity index is 2.25. The average molecular weight is 335 g/mol. The summed E-state index contributed by atoms with van der Waals surface area (Å²) >= 11 is 0. The second kappa shape index (κ2) is 7.77. The molecule has 0 saturated heterocycles. The van der Waals surface area contributed by atoms with Crippen molar-refractivity contribution in [2.75, 3.05) is 5.32 Å². The van der Waals surface area contributed by atoms with Crippen LogP contribution in [-0.2, 0) is 9.59 Å². The lowest BCUT2D eigenvalue weighted by atomic mass is 9.84. The van der Waals surface area contributed by atoms with Crippen molar-refractivity contribution in [1.82, 2.24) is 0 Å². The van der Waals surface area contributed by atoms with Crippen LogP contribution in [0.25, 0.3) is 0 Å². The predicted octanol–water partition coefficient (Wildman–Crippen LogP) is 4.05. The molecule has 0 aromatic heterocycles. The van der Waals surface area contributed by atoms with E-state index in [9.17, 15) is 22.8 Å². The van der Waals surface area contributed by atoms with Crippen molar-refractivity contribution in [1.29, 1.82) is 0 Å². The van der Waals surface area contributed by atoms with Crippen molar-refractivity contribution in [3.05, 3.63) is 65.5 Å². The van der Waals surface area contributed by atoms with Crippen LogP contribution in [0.3, 0.4) is 0 Å². The third-order valence-corrected chi connectivity index (χ3v) is 3.83. The molecule has 6 heteroatoms. The van der Waals surface area contributed by atoms with E-state index in [1.54, 1.807) is 6.92 Å². The number of hydrogen-bond donors (Lipinski definition) is 1. The van der Waals surface area contributed by atoms with Crippen molar-refractivity contribution in [3.8, 4) is 0 Å². The van der Waals surface area contributed by atoms with Gasteiger partial charge in [-0.15, -0.1) is 0 Å². The summed E-state index contributed by atoms with van der Waals surface area (Å²) in [6, 6.07) is 8.86. The standard InChI is InChI=1S/C18H16F3NO2/c1-2-13(11-6-8-12(19)9-7-11)14(10-23)18(24)22-16-5-3-4-15(20)17(16)21/h3-10,13-14H,2H2,1H3,(H,22,24)/t13?,14-/m0/s1. The van der Waals surface area contributed by atoms with E-state index in [-0.39, 0.29) is 5.69 Å². The molecular formula is C18H16F3NO2. The molecule has 0 aliphatic rings. The van der Waals surface area contributed by atoms with Crippen molar-refractivity contribution in [2.45, 2.75) is 19.3 Å². The minimum atomic E-state index is -1.19. The molecule has 0 saturated carbocycles. The zero-order valence-electron chi connectivity index (χ0n) is 12.9. The maximum atomic E-state index is 13.7. The van der Waals surface area contributed by atoms with E-state index < -0.39 is 35.2 Å². The summed E-state index contributed by atoms with van der Waals surface area (Å²) in [4.78, 5) is 23.8. The second-order valence-corrected chi connectivity index (χ2v) is 5.32. The summed E-state index contributed by atoms with van der Waals surface area (Å²) in [6.07, 6.45) is 0.901. The van der Waals surface area contributed by atoms with Gasteiger partial charge in [-0.3, -0.25) is 4.79 Å². The normalized spacial score (nSPS) is 13.2. The molecule has 0 aliphatic carbocycles. The maximum Gasteiger partial charge on any atom is 0.235 e. The molecule has 3 nitrogen and oxygen atoms in total. The number of benzene rings is 2. The van der Waals surface area contributed by atoms with Crippen LogP contribution in [-0.4, -0.2) is 12.2 Å². The lowest BCUT2D eigenvalue weighted by Gasteiger charge is -2.21. The first-order valence-electron chi connectivity index (χ1n) is 7.43. The number of rotatable bonds is 6. The van der Waals surface area contributed by atoms with Gasteiger partial charge in [0.05, 0.1) is 5.69 Å². The van der Waals surface area contributed by atoms with Gasteiger partial charge in [0.15, 0.2) is 11.6 Å². The first kappa shape index (κ1) is 17.7. The van der Waals surface area contributed by atoms with E-state index >= 15 is 0 Å². The van der Waals surface area contributed by atoms with Gasteiger partial charge in [-0.25, -0.2) is 13.2 Å². The summed E-state index contributed by atoms with van der Waals surface area (Å²) < 4.78 is 39.9. The lowest BCUT2D eigenvalue weighted by Crippen LogP contribution is -2.29. The van der Waals surface area contributed by atoms with Crippen molar-refractivity contribution < 1.29 is 22.8 Å². The molecule has 126 valence electrons. The van der Waals surface area contributed by atoms with Crippen LogP contribution in [0.1, 0.15) is 24.8 Å². The molecule has 2 rings (SSSR count). The Labute approximate surface area is 137 Å². The number of aldehydes is 1. The van der Waals surface area contributed by atoms with Crippen molar-refractivity contribution in [2.24, 2.45) is 5.92 Å². The fourth-order valence-corrected chi connectivity index (χ4v) is 2.56. The van der Waals surface area contributed by atoms with E-state index in [1.807, 2.05) is 0 Å². The van der Waals surface area contributed by atoms with Gasteiger partial charge in [-0.1, -0.05) is 25.1 Å². The molecular weight excluding hydrogens is 319 g/mol. The Morgan fingerprint density at radius 2 is 1.79 bits per heavy atom. The van der Waals surface area contributed by atoms with E-state index in [4.69, 9.17) is 0 Å². The fourth-order valence-electron chi connectivity index (χ4n) is 2.56. The zero-order chi connectivity index (χ0) is 17.7. The van der Waals surface area contributed by atoms with Crippen LogP contribution in [0, 0.1) is 23.4 Å². The first-order valence-corrected chi connectivity index (χ1v) is 7.43. The number of anilines is 1. The fraction of sp³-hybridized carbons (Fsp3) is 0.222. The molecule has 0 spiro atoms. The maximum absolute atomic E-state index is 13.7. The molecule has 0 aliphatic heterocycles. The molecule has 2 aromatic rings. The Hall–Kier alpha value is -2.63. The van der Waals surface area contributed by atoms with Crippen LogP contribution < -0.4 is 5.32 Å². The number of halogens is 3. The number of carbonyl (C=O) groups is 2. The summed E-state index contributed by atoms with van der Waals surface area (Å²) in [6.45, 7) is 1.78. The third kappa shape index (κ3) is 3.82. The van der Waals surface area contributed by atoms with E-state index in [1.165, 1.54) is 36.4 Å². The van der Waals surface area contributed by atoms with Crippen LogP contribution in [0.15, 0.2) is 42.5 Å². The van der Waals surface area contributed by atoms with Gasteiger partial charge in [0.25, 0.3) is 0 Å². The quantitative estimate of drug-likeness (QED) is 0.639. The summed E-state index contributed by atoms with van der Waals surface area (Å²) in [5.74, 6) is -5.07. The van der Waals surface area contributed by atoms with E-state index in [0.29, 0.717) is 18.3 Å². The highest BCUT2D eigenvalue weighted by atomic mass is 19.2. The van der Waals surface area contributed by atoms with E-state index in [2.05, 4.69) is 5.32 Å². The van der Waals surface area contributed by atoms with Gasteiger partial charge in [0.1, 0.15) is 18.0 Å². The molecule has 0 bridgehead atoms. The molecule has 2 aromatic carbocycles. The van der Waals surface area contributed by atoms with Gasteiger partial charge in [0.2, 0.25) is 5.91 Å². The molecule has 1 N–H and O–H groups in total. The molecule has 0 radical (unpaired) electrons. The number of amides is 1. The summed E-state index contributed by atoms with van der Waals surface area (Å²) in [5, 5.41) is 2.24. The largest absolute Gasteiger partial charge is 0.323 e. The van der Waals surface area contributed by atoms with Crippen molar-refractivity contribution >= 4 is 17.9 Å². The van der Waals surface area contributed by atoms with Crippen molar-refractivity contribution in [3.63, 3.8) is 0 Å². The van der Waals surface area contributed by atoms with Gasteiger partial charge in [-0.05, 0) is 36.2 Å². The van der Waals surface area contributed by atoms with Crippen LogP contribution in [0.4, 0.5) is 18.9 Å². The smallest absolute Gasteiger partial charge is 0.235 e. The predicted molar refractivity (Wildman–Crippen MR) is 84.0 cm³/mol. The number of carbonyl (C=O) groups excluding carboxylic acids is 2. The lowest BCUT2D eigenvalue weighted by molar-refractivity contribution is -0.126. The highest BCUT2D eigenvalue weighted by Crippen LogP contribution is 2.29. The Morgan fingerprint density at radius 1 is 1.12 bits per heavy atom. The third-order valence-electron chi connectivity index (χ3n) is 3.83. The number of nitrogens with one attached hydrogen (secondary N) is 1. The average Bonchev–Trinajstić information content (AvgIpc) is 2.57. The molecule has 0 heterocycles. The Bertz CT molecular complexity index is 732. The van der Waals surface area contributed by atoms with Crippen LogP contribution >= 0.6 is 0 Å². The topological polar surface area (TPSA) is 46.2 Å². The zero-order valence-corrected chi connectivity index (χ0v) is 12.9. The molecule has 24 heavy (non-hydrogen) atoms. The molecule has 1 unspecified atom stereocenters. The minimum Gasteiger partial charge on any atom is -0.323 e. The minimum absolute atomic E-state index is 0.333. The highest BCUT2D eigenvalue weighted by molar-refractivity contribution is 6.01. The summed E-state index contributed by atoms with van der Waals surface area (Å²) in [7, 11) is 0. The van der Waals surface area contributed by atoms with Crippen LogP contribution in [0.2, 0.25) is 0 Å². The Morgan fingerprint density at radius 3 is 2.38 bits per heavy atom. The number of hydrogen-bond acceptors (Lipinski definition) is 2. The summed E-state index contributed by atoms with van der Waals surface area (Å²) in [5.41, 5.74) is 0.284. The van der Waals surface area contributed by atoms with Gasteiger partial charge < -0.3 is 10.1 Å². The van der Waals surface area contributed by atoms with Crippen LogP contribution in [0.5, 0.6) is 0 Å². The van der Waals surface area contributed by atoms with Gasteiger partial charge in [-0.2, -0.15) is 0 Å². The van der Waals surface area contributed by atoms with Gasteiger partial charge >= 0.3 is 0 Å². The molecule has 2 atom stereocenters.